The lowest BCUT2D eigenvalue weighted by atomic mass is 10.1. The molecule has 8 aromatic rings. The number of aryl methyl sites for hydroxylation is 2. The Labute approximate surface area is 330 Å². The maximum absolute atomic E-state index is 12.5. The predicted octanol–water partition coefficient (Wildman–Crippen LogP) is 2.76. The number of carbonyl (C=O) groups excluding carboxylic acids is 2. The molecule has 2 N–H and O–H groups in total. The van der Waals surface area contributed by atoms with Crippen molar-refractivity contribution in [2.75, 3.05) is 10.6 Å². The highest BCUT2D eigenvalue weighted by atomic mass is 16.2. The Hall–Kier alpha value is -8.02. The molecule has 0 aliphatic rings. The van der Waals surface area contributed by atoms with Crippen molar-refractivity contribution < 1.29 is 12.4 Å². The fourth-order valence-corrected chi connectivity index (χ4v) is 6.28. The Kier molecular flexibility index (Phi) is 10.5. The topological polar surface area (TPSA) is 208 Å². The lowest BCUT2D eigenvalue weighted by molar-refractivity contribution is -0.117. The highest BCUT2D eigenvalue weighted by molar-refractivity contribution is 5.92. The lowest BCUT2D eigenvalue weighted by Gasteiger charge is -2.09. The van der Waals surface area contributed by atoms with Gasteiger partial charge < -0.3 is 19.8 Å². The number of anilines is 2. The maximum Gasteiger partial charge on any atom is 0.332 e. The largest absolute Gasteiger partial charge is 0.332 e. The van der Waals surface area contributed by atoms with Gasteiger partial charge in [0.2, 0.25) is 11.8 Å². The minimum atomic E-state index is -0.492. The molecule has 0 bridgehead atoms. The first-order valence-electron chi connectivity index (χ1n) is 17.7. The van der Waals surface area contributed by atoms with E-state index in [0.717, 1.165) is 31.5 Å². The number of fused-ring (bicyclic) bond motifs is 2. The molecule has 0 aliphatic heterocycles. The molecule has 8 rings (SSSR count). The highest BCUT2D eigenvalue weighted by Crippen LogP contribution is 2.21. The molecule has 2 amide bonds. The van der Waals surface area contributed by atoms with Crippen LogP contribution in [0.4, 0.5) is 11.4 Å². The van der Waals surface area contributed by atoms with Crippen LogP contribution >= 0.6 is 0 Å². The van der Waals surface area contributed by atoms with Crippen molar-refractivity contribution in [3.63, 3.8) is 0 Å². The van der Waals surface area contributed by atoms with E-state index >= 15 is 0 Å². The number of carbonyl (C=O) groups is 2. The van der Waals surface area contributed by atoms with E-state index in [1.807, 2.05) is 54.6 Å². The highest BCUT2D eigenvalue weighted by Gasteiger charge is 2.18. The Morgan fingerprint density at radius 3 is 1.50 bits per heavy atom. The molecule has 0 saturated carbocycles. The first-order chi connectivity index (χ1) is 27.9. The van der Waals surface area contributed by atoms with Crippen molar-refractivity contribution >= 4 is 45.5 Å². The molecule has 0 unspecified atom stereocenters. The summed E-state index contributed by atoms with van der Waals surface area (Å²) in [5.74, 6) is -0.625. The van der Waals surface area contributed by atoms with Crippen LogP contribution < -0.4 is 33.1 Å². The molecular formula is C40H40N12O6. The van der Waals surface area contributed by atoms with Crippen LogP contribution in [0.3, 0.4) is 0 Å². The first-order valence-corrected chi connectivity index (χ1v) is 17.7. The minimum Gasteiger partial charge on any atom is -0.325 e. The van der Waals surface area contributed by atoms with Gasteiger partial charge in [-0.05, 0) is 53.6 Å². The van der Waals surface area contributed by atoms with Crippen LogP contribution in [0.2, 0.25) is 0 Å². The van der Waals surface area contributed by atoms with E-state index in [9.17, 15) is 28.8 Å². The van der Waals surface area contributed by atoms with E-state index in [-0.39, 0.29) is 50.1 Å². The molecule has 18 heteroatoms. The van der Waals surface area contributed by atoms with Gasteiger partial charge >= 0.3 is 11.4 Å². The molecule has 6 heterocycles. The number of hydrogen-bond donors (Lipinski definition) is 2. The van der Waals surface area contributed by atoms with Gasteiger partial charge in [-0.25, -0.2) is 19.6 Å². The third kappa shape index (κ3) is 7.61. The molecule has 0 saturated heterocycles. The molecular weight excluding hydrogens is 745 g/mol. The number of amides is 2. The molecule has 0 fully saturated rings. The third-order valence-electron chi connectivity index (χ3n) is 9.36. The quantitative estimate of drug-likeness (QED) is 0.230. The van der Waals surface area contributed by atoms with Crippen LogP contribution in [-0.2, 0) is 50.9 Å². The summed E-state index contributed by atoms with van der Waals surface area (Å²) in [4.78, 5) is 90.5. The SMILES string of the molecule is Cn1c(=O)c2c(ncn2CC(=O)Nc2ccc(-c3ccccn3)cc2)n(C)c1=O.Cn1c(=O)c2c(ncn2CC(=O)Nc2ccc(-c3cccnc3)cc2)n(C)c1=O.[HH].[HH]. The molecule has 0 radical (unpaired) electrons. The summed E-state index contributed by atoms with van der Waals surface area (Å²) in [6, 6.07) is 24.2. The maximum atomic E-state index is 12.5. The van der Waals surface area contributed by atoms with Crippen molar-refractivity contribution in [2.45, 2.75) is 13.1 Å². The van der Waals surface area contributed by atoms with Gasteiger partial charge in [-0.15, -0.1) is 0 Å². The normalized spacial score (nSPS) is 11.0. The Morgan fingerprint density at radius 1 is 0.552 bits per heavy atom. The van der Waals surface area contributed by atoms with Crippen molar-refractivity contribution in [3.8, 4) is 22.4 Å². The molecule has 18 nitrogen and oxygen atoms in total. The van der Waals surface area contributed by atoms with E-state index in [2.05, 4.69) is 30.6 Å². The molecule has 0 aliphatic carbocycles. The van der Waals surface area contributed by atoms with Crippen LogP contribution in [0.1, 0.15) is 2.85 Å². The van der Waals surface area contributed by atoms with Crippen molar-refractivity contribution in [2.24, 2.45) is 28.2 Å². The Bertz CT molecular complexity index is 2860. The second kappa shape index (κ2) is 16.0. The summed E-state index contributed by atoms with van der Waals surface area (Å²) < 4.78 is 7.43. The average molecular weight is 785 g/mol. The van der Waals surface area contributed by atoms with Crippen LogP contribution in [0.15, 0.2) is 129 Å². The number of nitrogens with one attached hydrogen (secondary N) is 2. The van der Waals surface area contributed by atoms with Gasteiger partial charge in [-0.1, -0.05) is 36.4 Å². The zero-order valence-electron chi connectivity index (χ0n) is 31.7. The number of imidazole rings is 2. The fourth-order valence-electron chi connectivity index (χ4n) is 6.28. The monoisotopic (exact) mass is 784 g/mol. The van der Waals surface area contributed by atoms with Gasteiger partial charge in [0.25, 0.3) is 11.1 Å². The molecule has 296 valence electrons. The summed E-state index contributed by atoms with van der Waals surface area (Å²) in [6.45, 7) is -0.208. The summed E-state index contributed by atoms with van der Waals surface area (Å²) >= 11 is 0. The van der Waals surface area contributed by atoms with Crippen LogP contribution in [0.5, 0.6) is 0 Å². The van der Waals surface area contributed by atoms with Crippen LogP contribution in [0, 0.1) is 0 Å². The van der Waals surface area contributed by atoms with Crippen LogP contribution in [-0.4, -0.2) is 59.2 Å². The lowest BCUT2D eigenvalue weighted by Crippen LogP contribution is -2.37. The number of aromatic nitrogens is 10. The minimum absolute atomic E-state index is 0. The van der Waals surface area contributed by atoms with Gasteiger partial charge in [-0.2, -0.15) is 0 Å². The molecule has 0 atom stereocenters. The zero-order valence-corrected chi connectivity index (χ0v) is 31.7. The standard InChI is InChI=1S/2C20H18N6O3.2H2/c1-24-18-17(19(28)25(2)20(24)29)26(12-22-18)11-16(27)23-15-7-5-13(6-8-15)14-4-3-9-21-10-14;1-24-18-17(19(28)25(2)20(24)29)26(12-22-18)11-16(27)23-14-8-6-13(7-9-14)15-5-3-4-10-21-15;;/h2*3-10,12H,11H2,1-2H3,(H,23,27);2*1H. The number of nitrogens with zero attached hydrogens (tertiary/aromatic N) is 10. The van der Waals surface area contributed by atoms with Crippen molar-refractivity contribution in [3.05, 3.63) is 152 Å². The molecule has 0 spiro atoms. The van der Waals surface area contributed by atoms with E-state index < -0.39 is 22.5 Å². The molecule has 6 aromatic heterocycles. The Morgan fingerprint density at radius 2 is 1.05 bits per heavy atom. The second-order valence-corrected chi connectivity index (χ2v) is 13.2. The number of hydrogen-bond acceptors (Lipinski definition) is 10. The average Bonchev–Trinajstić information content (AvgIpc) is 3.86. The number of benzene rings is 2. The zero-order chi connectivity index (χ0) is 41.1. The van der Waals surface area contributed by atoms with Crippen molar-refractivity contribution in [1.82, 2.24) is 47.3 Å². The van der Waals surface area contributed by atoms with E-state index in [4.69, 9.17) is 0 Å². The smallest absolute Gasteiger partial charge is 0.325 e. The van der Waals surface area contributed by atoms with Crippen LogP contribution in [0.25, 0.3) is 44.7 Å². The first kappa shape index (κ1) is 38.3. The van der Waals surface area contributed by atoms with Gasteiger partial charge in [0.1, 0.15) is 13.1 Å². The molecule has 58 heavy (non-hydrogen) atoms. The number of pyridine rings is 2. The van der Waals surface area contributed by atoms with E-state index in [1.54, 1.807) is 42.9 Å². The van der Waals surface area contributed by atoms with E-state index in [0.29, 0.717) is 11.4 Å². The van der Waals surface area contributed by atoms with Gasteiger partial charge in [0.05, 0.1) is 18.3 Å². The summed E-state index contributed by atoms with van der Waals surface area (Å²) in [6.07, 6.45) is 7.97. The number of rotatable bonds is 8. The molecule has 2 aromatic carbocycles. The third-order valence-corrected chi connectivity index (χ3v) is 9.36. The van der Waals surface area contributed by atoms with E-state index in [1.165, 1.54) is 59.1 Å². The summed E-state index contributed by atoms with van der Waals surface area (Å²) in [7, 11) is 5.85. The predicted molar refractivity (Wildman–Crippen MR) is 221 cm³/mol. The van der Waals surface area contributed by atoms with Crippen molar-refractivity contribution in [1.29, 1.82) is 0 Å². The van der Waals surface area contributed by atoms with Gasteiger partial charge in [0, 0.05) is 66.6 Å². The summed E-state index contributed by atoms with van der Waals surface area (Å²) in [5, 5.41) is 5.60. The fraction of sp³-hybridized carbons (Fsp3) is 0.150. The second-order valence-electron chi connectivity index (χ2n) is 13.2. The Balaban J connectivity index is 0.000000220. The van der Waals surface area contributed by atoms with Gasteiger partial charge in [0.15, 0.2) is 22.3 Å². The van der Waals surface area contributed by atoms with Gasteiger partial charge in [-0.3, -0.25) is 47.4 Å². The summed E-state index contributed by atoms with van der Waals surface area (Å²) in [5.41, 5.74) is 3.98.